The summed E-state index contributed by atoms with van der Waals surface area (Å²) >= 11 is 0. The number of anilines is 3. The smallest absolute Gasteiger partial charge is 0.135 e. The predicted molar refractivity (Wildman–Crippen MR) is 236 cm³/mol. The van der Waals surface area contributed by atoms with E-state index >= 15 is 0 Å². The maximum absolute atomic E-state index is 6.23. The van der Waals surface area contributed by atoms with E-state index in [1.807, 2.05) is 18.2 Å². The largest absolute Gasteiger partial charge is 0.456 e. The summed E-state index contributed by atoms with van der Waals surface area (Å²) in [6, 6.07) is 80.2. The lowest BCUT2D eigenvalue weighted by Gasteiger charge is -2.27. The van der Waals surface area contributed by atoms with E-state index < -0.39 is 0 Å². The van der Waals surface area contributed by atoms with Crippen LogP contribution in [0.3, 0.4) is 0 Å². The van der Waals surface area contributed by atoms with Gasteiger partial charge >= 0.3 is 0 Å². The number of furan rings is 1. The van der Waals surface area contributed by atoms with Crippen molar-refractivity contribution in [1.29, 1.82) is 0 Å². The molecule has 56 heavy (non-hydrogen) atoms. The molecular weight excluding hydrogens is 679 g/mol. The van der Waals surface area contributed by atoms with Crippen molar-refractivity contribution in [3.63, 3.8) is 0 Å². The Morgan fingerprint density at radius 3 is 1.34 bits per heavy atom. The van der Waals surface area contributed by atoms with E-state index in [0.29, 0.717) is 0 Å². The van der Waals surface area contributed by atoms with E-state index in [4.69, 9.17) is 4.42 Å². The highest BCUT2D eigenvalue weighted by atomic mass is 16.3. The first-order valence-corrected chi connectivity index (χ1v) is 19.1. The quantitative estimate of drug-likeness (QED) is 0.156. The zero-order chi connectivity index (χ0) is 37.3. The van der Waals surface area contributed by atoms with Crippen LogP contribution >= 0.6 is 0 Å². The number of rotatable bonds is 8. The molecule has 264 valence electrons. The molecule has 10 rings (SSSR count). The van der Waals surface area contributed by atoms with Gasteiger partial charge in [0.05, 0.1) is 0 Å². The number of hydrogen-bond acceptors (Lipinski definition) is 2. The minimum Gasteiger partial charge on any atom is -0.456 e. The lowest BCUT2D eigenvalue weighted by Crippen LogP contribution is -2.10. The fraction of sp³-hybridized carbons (Fsp3) is 0. The van der Waals surface area contributed by atoms with E-state index in [0.717, 1.165) is 50.5 Å². The summed E-state index contributed by atoms with van der Waals surface area (Å²) in [5.41, 5.74) is 14.5. The fourth-order valence-corrected chi connectivity index (χ4v) is 7.73. The van der Waals surface area contributed by atoms with Gasteiger partial charge in [-0.2, -0.15) is 0 Å². The van der Waals surface area contributed by atoms with Gasteiger partial charge in [0.15, 0.2) is 0 Å². The van der Waals surface area contributed by atoms with E-state index in [9.17, 15) is 0 Å². The van der Waals surface area contributed by atoms with Crippen LogP contribution in [0.4, 0.5) is 17.1 Å². The highest BCUT2D eigenvalue weighted by molar-refractivity contribution is 5.89. The van der Waals surface area contributed by atoms with Crippen molar-refractivity contribution >= 4 is 38.8 Å². The van der Waals surface area contributed by atoms with Crippen LogP contribution in [0, 0.1) is 0 Å². The number of hydrogen-bond donors (Lipinski definition) is 0. The Balaban J connectivity index is 1.07. The second-order valence-corrected chi connectivity index (χ2v) is 14.2. The summed E-state index contributed by atoms with van der Waals surface area (Å²) in [7, 11) is 0. The van der Waals surface area contributed by atoms with Gasteiger partial charge in [0.1, 0.15) is 11.3 Å². The summed E-state index contributed by atoms with van der Waals surface area (Å²) in [4.78, 5) is 2.37. The van der Waals surface area contributed by atoms with Crippen molar-refractivity contribution < 1.29 is 4.42 Å². The molecule has 0 atom stereocenters. The van der Waals surface area contributed by atoms with Crippen molar-refractivity contribution in [3.05, 3.63) is 224 Å². The first kappa shape index (κ1) is 33.2. The molecule has 0 aliphatic rings. The molecule has 0 saturated carbocycles. The van der Waals surface area contributed by atoms with Crippen LogP contribution in [0.5, 0.6) is 0 Å². The van der Waals surface area contributed by atoms with Crippen LogP contribution < -0.4 is 4.90 Å². The summed E-state index contributed by atoms with van der Waals surface area (Å²) in [5, 5.41) is 3.59. The molecule has 0 saturated heterocycles. The molecule has 0 aliphatic carbocycles. The minimum atomic E-state index is 0.871. The first-order valence-electron chi connectivity index (χ1n) is 19.1. The maximum Gasteiger partial charge on any atom is 0.135 e. The van der Waals surface area contributed by atoms with Gasteiger partial charge in [-0.1, -0.05) is 158 Å². The number of nitrogens with zero attached hydrogens (tertiary/aromatic N) is 1. The maximum atomic E-state index is 6.23. The molecule has 0 fully saturated rings. The van der Waals surface area contributed by atoms with Crippen molar-refractivity contribution in [2.45, 2.75) is 0 Å². The average Bonchev–Trinajstić information content (AvgIpc) is 3.72. The van der Waals surface area contributed by atoms with E-state index in [2.05, 4.69) is 211 Å². The fourth-order valence-electron chi connectivity index (χ4n) is 7.73. The number of fused-ring (bicyclic) bond motifs is 2. The SMILES string of the molecule is c1ccc(-c2cc(-c3ccccc3)cc(N(c3ccc(-c4cccc(-c5cc6ccccc6o5)c4)cc3)c3ccc(-c4ccc5ccccc5c4)cc3)c2)cc1. The molecule has 0 N–H and O–H groups in total. The van der Waals surface area contributed by atoms with Crippen LogP contribution in [0.2, 0.25) is 0 Å². The molecule has 0 spiro atoms. The summed E-state index contributed by atoms with van der Waals surface area (Å²) in [6.07, 6.45) is 0. The topological polar surface area (TPSA) is 16.4 Å². The molecule has 0 aliphatic heterocycles. The molecule has 0 bridgehead atoms. The molecule has 10 aromatic rings. The van der Waals surface area contributed by atoms with Crippen molar-refractivity contribution in [2.75, 3.05) is 4.90 Å². The first-order chi connectivity index (χ1) is 27.7. The van der Waals surface area contributed by atoms with Gasteiger partial charge < -0.3 is 9.32 Å². The summed E-state index contributed by atoms with van der Waals surface area (Å²) in [6.45, 7) is 0. The Morgan fingerprint density at radius 2 is 0.714 bits per heavy atom. The van der Waals surface area contributed by atoms with Gasteiger partial charge in [-0.15, -0.1) is 0 Å². The second kappa shape index (κ2) is 14.4. The molecular formula is C54H37NO. The molecule has 0 unspecified atom stereocenters. The molecule has 0 amide bonds. The molecule has 2 heteroatoms. The Bertz CT molecular complexity index is 2850. The monoisotopic (exact) mass is 715 g/mol. The lowest BCUT2D eigenvalue weighted by atomic mass is 9.97. The number of para-hydroxylation sites is 1. The van der Waals surface area contributed by atoms with Gasteiger partial charge in [0, 0.05) is 28.0 Å². The minimum absolute atomic E-state index is 0.871. The van der Waals surface area contributed by atoms with Gasteiger partial charge in [-0.25, -0.2) is 0 Å². The van der Waals surface area contributed by atoms with Crippen LogP contribution in [0.1, 0.15) is 0 Å². The summed E-state index contributed by atoms with van der Waals surface area (Å²) < 4.78 is 6.23. The van der Waals surface area contributed by atoms with Crippen molar-refractivity contribution in [1.82, 2.24) is 0 Å². The summed E-state index contributed by atoms with van der Waals surface area (Å²) in [5.74, 6) is 0.871. The third-order valence-electron chi connectivity index (χ3n) is 10.6. The van der Waals surface area contributed by atoms with E-state index in [-0.39, 0.29) is 0 Å². The standard InChI is InChI=1S/C54H37NO/c1-3-12-38(13-4-1)48-34-49(39-14-5-2-6-15-39)36-52(35-48)55(51-30-26-42(27-31-51)45-23-22-40-16-7-8-17-43(40)32-45)50-28-24-41(25-29-50)44-19-11-20-46(33-44)54-37-47-18-9-10-21-53(47)56-54/h1-37H. The van der Waals surface area contributed by atoms with Gasteiger partial charge in [0.2, 0.25) is 0 Å². The van der Waals surface area contributed by atoms with Crippen LogP contribution in [0.25, 0.3) is 77.6 Å². The van der Waals surface area contributed by atoms with Crippen LogP contribution in [-0.2, 0) is 0 Å². The Kier molecular flexibility index (Phi) is 8.55. The van der Waals surface area contributed by atoms with Crippen molar-refractivity contribution in [2.24, 2.45) is 0 Å². The second-order valence-electron chi connectivity index (χ2n) is 14.2. The highest BCUT2D eigenvalue weighted by Gasteiger charge is 2.17. The number of benzene rings is 9. The van der Waals surface area contributed by atoms with E-state index in [1.165, 1.54) is 44.2 Å². The molecule has 0 radical (unpaired) electrons. The van der Waals surface area contributed by atoms with Gasteiger partial charge in [-0.3, -0.25) is 0 Å². The van der Waals surface area contributed by atoms with E-state index in [1.54, 1.807) is 0 Å². The molecule has 1 aromatic heterocycles. The normalized spacial score (nSPS) is 11.2. The van der Waals surface area contributed by atoms with Crippen molar-refractivity contribution in [3.8, 4) is 55.8 Å². The molecule has 2 nitrogen and oxygen atoms in total. The Labute approximate surface area is 327 Å². The third-order valence-corrected chi connectivity index (χ3v) is 10.6. The Hall–Kier alpha value is -7.42. The van der Waals surface area contributed by atoms with Crippen LogP contribution in [0.15, 0.2) is 229 Å². The third kappa shape index (κ3) is 6.55. The zero-order valence-electron chi connectivity index (χ0n) is 30.7. The molecule has 1 heterocycles. The highest BCUT2D eigenvalue weighted by Crippen LogP contribution is 2.41. The zero-order valence-corrected chi connectivity index (χ0v) is 30.7. The molecule has 9 aromatic carbocycles. The van der Waals surface area contributed by atoms with Gasteiger partial charge in [0.25, 0.3) is 0 Å². The van der Waals surface area contributed by atoms with Crippen LogP contribution in [-0.4, -0.2) is 0 Å². The van der Waals surface area contributed by atoms with Gasteiger partial charge in [-0.05, 0) is 122 Å². The lowest BCUT2D eigenvalue weighted by molar-refractivity contribution is 0.631. The predicted octanol–water partition coefficient (Wildman–Crippen LogP) is 15.4. The average molecular weight is 716 g/mol. The Morgan fingerprint density at radius 1 is 0.250 bits per heavy atom.